The van der Waals surface area contributed by atoms with Gasteiger partial charge in [-0.15, -0.1) is 0 Å². The predicted octanol–water partition coefficient (Wildman–Crippen LogP) is 17.3. The Morgan fingerprint density at radius 1 is 0.333 bits per heavy atom. The molecular weight excluding hydrogens is 817 g/mol. The molecule has 0 aromatic heterocycles. The van der Waals surface area contributed by atoms with Gasteiger partial charge in [-0.3, -0.25) is 14.4 Å². The smallest absolute Gasteiger partial charge is 0.306 e. The first-order valence-electron chi connectivity index (χ1n) is 25.9. The summed E-state index contributed by atoms with van der Waals surface area (Å²) in [6.45, 7) is 6.24. The quantitative estimate of drug-likeness (QED) is 0.0199. The second kappa shape index (κ2) is 52.9. The number of carbonyl (C=O) groups excluding carboxylic acids is 3. The van der Waals surface area contributed by atoms with Gasteiger partial charge in [0, 0.05) is 19.3 Å². The van der Waals surface area contributed by atoms with E-state index in [1.807, 2.05) is 72.9 Å². The molecule has 0 aromatic carbocycles. The molecule has 66 heavy (non-hydrogen) atoms. The van der Waals surface area contributed by atoms with Crippen molar-refractivity contribution in [1.29, 1.82) is 0 Å². The van der Waals surface area contributed by atoms with Crippen molar-refractivity contribution in [2.24, 2.45) is 0 Å². The van der Waals surface area contributed by atoms with E-state index in [4.69, 9.17) is 14.2 Å². The number of ether oxygens (including phenoxy) is 3. The second-order valence-electron chi connectivity index (χ2n) is 16.5. The third-order valence-electron chi connectivity index (χ3n) is 10.3. The lowest BCUT2D eigenvalue weighted by Gasteiger charge is -2.18. The number of carbonyl (C=O) groups is 3. The summed E-state index contributed by atoms with van der Waals surface area (Å²) in [5.41, 5.74) is 0. The molecule has 0 bridgehead atoms. The SMILES string of the molecule is CC\C=C/C=C\C=C/C=C\C=C\C=C/C=C\CCCCCC(=O)OCC(COC(=O)CCCC/C=C\C/C=C\C/C=C\CC)OC(=O)CCCCCCCCC/C=C\C/C=C\CCCCC. The Kier molecular flexibility index (Phi) is 49.1. The highest BCUT2D eigenvalue weighted by Gasteiger charge is 2.19. The molecule has 0 saturated heterocycles. The maximum atomic E-state index is 12.8. The third kappa shape index (κ3) is 50.3. The van der Waals surface area contributed by atoms with Crippen molar-refractivity contribution in [2.75, 3.05) is 13.2 Å². The van der Waals surface area contributed by atoms with E-state index in [2.05, 4.69) is 93.7 Å². The van der Waals surface area contributed by atoms with Crippen LogP contribution in [0.4, 0.5) is 0 Å². The fourth-order valence-corrected chi connectivity index (χ4v) is 6.41. The zero-order chi connectivity index (χ0) is 47.9. The van der Waals surface area contributed by atoms with Gasteiger partial charge in [-0.1, -0.05) is 218 Å². The van der Waals surface area contributed by atoms with E-state index in [0.717, 1.165) is 96.3 Å². The van der Waals surface area contributed by atoms with Crippen LogP contribution in [0.15, 0.2) is 146 Å². The number of hydrogen-bond acceptors (Lipinski definition) is 6. The topological polar surface area (TPSA) is 78.9 Å². The predicted molar refractivity (Wildman–Crippen MR) is 283 cm³/mol. The van der Waals surface area contributed by atoms with Gasteiger partial charge in [0.15, 0.2) is 6.10 Å². The molecule has 0 radical (unpaired) electrons. The van der Waals surface area contributed by atoms with Gasteiger partial charge in [-0.05, 0) is 103 Å². The van der Waals surface area contributed by atoms with Crippen molar-refractivity contribution < 1.29 is 28.6 Å². The Morgan fingerprint density at radius 3 is 1.15 bits per heavy atom. The van der Waals surface area contributed by atoms with Crippen LogP contribution in [0, 0.1) is 0 Å². The summed E-state index contributed by atoms with van der Waals surface area (Å²) in [6.07, 6.45) is 75.4. The lowest BCUT2D eigenvalue weighted by Crippen LogP contribution is -2.30. The van der Waals surface area contributed by atoms with Crippen LogP contribution in [0.2, 0.25) is 0 Å². The number of hydrogen-bond donors (Lipinski definition) is 0. The normalized spacial score (nSPS) is 13.3. The Labute approximate surface area is 404 Å². The third-order valence-corrected chi connectivity index (χ3v) is 10.3. The zero-order valence-corrected chi connectivity index (χ0v) is 41.9. The summed E-state index contributed by atoms with van der Waals surface area (Å²) < 4.78 is 16.7. The molecule has 0 aliphatic rings. The van der Waals surface area contributed by atoms with Crippen LogP contribution in [0.1, 0.15) is 194 Å². The largest absolute Gasteiger partial charge is 0.462 e. The van der Waals surface area contributed by atoms with Gasteiger partial charge in [0.1, 0.15) is 13.2 Å². The minimum absolute atomic E-state index is 0.123. The van der Waals surface area contributed by atoms with E-state index in [9.17, 15) is 14.4 Å². The van der Waals surface area contributed by atoms with Crippen molar-refractivity contribution in [2.45, 2.75) is 200 Å². The van der Waals surface area contributed by atoms with Crippen LogP contribution in [0.3, 0.4) is 0 Å². The van der Waals surface area contributed by atoms with Crippen LogP contribution in [0.25, 0.3) is 0 Å². The standard InChI is InChI=1S/C60H92O6/c1-4-7-10-13-16-19-22-25-27-29-30-32-33-35-38-41-44-47-50-53-59(62)65-56-57(55-64-58(61)52-49-46-43-40-37-24-21-18-15-12-9-6-3)66-60(63)54-51-48-45-42-39-36-34-31-28-26-23-20-17-14-11-8-5-2/h7,9-10,12-13,16-22,25-30,32-33,35,37-38,40,57H,4-6,8,11,14-15,23-24,31,34,36,39,41-56H2,1-3H3/b10-7-,12-9-,16-13-,20-17-,21-18-,22-19-,27-25-,28-26-,30-29+,33-32-,38-35-,40-37-. The van der Waals surface area contributed by atoms with Crippen LogP contribution < -0.4 is 0 Å². The van der Waals surface area contributed by atoms with Gasteiger partial charge in [0.05, 0.1) is 0 Å². The molecular formula is C60H92O6. The molecule has 0 N–H and O–H groups in total. The van der Waals surface area contributed by atoms with Crippen molar-refractivity contribution >= 4 is 17.9 Å². The minimum Gasteiger partial charge on any atom is -0.462 e. The van der Waals surface area contributed by atoms with Crippen molar-refractivity contribution in [3.8, 4) is 0 Å². The highest BCUT2D eigenvalue weighted by atomic mass is 16.6. The molecule has 0 fully saturated rings. The van der Waals surface area contributed by atoms with E-state index in [1.54, 1.807) is 0 Å². The molecule has 0 aliphatic heterocycles. The molecule has 6 nitrogen and oxygen atoms in total. The van der Waals surface area contributed by atoms with Gasteiger partial charge in [0.25, 0.3) is 0 Å². The van der Waals surface area contributed by atoms with Crippen LogP contribution in [0.5, 0.6) is 0 Å². The van der Waals surface area contributed by atoms with E-state index < -0.39 is 6.10 Å². The molecule has 368 valence electrons. The monoisotopic (exact) mass is 909 g/mol. The molecule has 0 rings (SSSR count). The second-order valence-corrected chi connectivity index (χ2v) is 16.5. The Morgan fingerprint density at radius 2 is 0.667 bits per heavy atom. The van der Waals surface area contributed by atoms with E-state index in [0.29, 0.717) is 32.1 Å². The van der Waals surface area contributed by atoms with Crippen molar-refractivity contribution in [3.05, 3.63) is 146 Å². The van der Waals surface area contributed by atoms with Gasteiger partial charge >= 0.3 is 17.9 Å². The summed E-state index contributed by atoms with van der Waals surface area (Å²) in [5.74, 6) is -1.02. The van der Waals surface area contributed by atoms with Crippen molar-refractivity contribution in [1.82, 2.24) is 0 Å². The number of esters is 3. The van der Waals surface area contributed by atoms with Gasteiger partial charge < -0.3 is 14.2 Å². The molecule has 0 spiro atoms. The Hall–Kier alpha value is -4.71. The molecule has 0 aromatic rings. The number of allylic oxidation sites excluding steroid dienone is 24. The lowest BCUT2D eigenvalue weighted by molar-refractivity contribution is -0.167. The van der Waals surface area contributed by atoms with Gasteiger partial charge in [0.2, 0.25) is 0 Å². The molecule has 0 aliphatic carbocycles. The summed E-state index contributed by atoms with van der Waals surface area (Å²) in [4.78, 5) is 38.0. The average Bonchev–Trinajstić information content (AvgIpc) is 3.31. The molecule has 1 atom stereocenters. The fraction of sp³-hybridized carbons (Fsp3) is 0.550. The Bertz CT molecular complexity index is 1510. The minimum atomic E-state index is -0.823. The molecule has 0 saturated carbocycles. The maximum Gasteiger partial charge on any atom is 0.306 e. The first-order valence-corrected chi connectivity index (χ1v) is 25.9. The number of unbranched alkanes of at least 4 members (excludes halogenated alkanes) is 15. The molecule has 0 amide bonds. The summed E-state index contributed by atoms with van der Waals surface area (Å²) >= 11 is 0. The average molecular weight is 909 g/mol. The zero-order valence-electron chi connectivity index (χ0n) is 41.9. The van der Waals surface area contributed by atoms with E-state index in [-0.39, 0.29) is 31.1 Å². The van der Waals surface area contributed by atoms with Gasteiger partial charge in [-0.2, -0.15) is 0 Å². The molecule has 0 heterocycles. The van der Waals surface area contributed by atoms with E-state index in [1.165, 1.54) is 44.9 Å². The molecule has 1 unspecified atom stereocenters. The molecule has 6 heteroatoms. The highest BCUT2D eigenvalue weighted by Crippen LogP contribution is 2.13. The fourth-order valence-electron chi connectivity index (χ4n) is 6.41. The van der Waals surface area contributed by atoms with Crippen LogP contribution >= 0.6 is 0 Å². The van der Waals surface area contributed by atoms with E-state index >= 15 is 0 Å². The summed E-state index contributed by atoms with van der Waals surface area (Å²) in [6, 6.07) is 0. The maximum absolute atomic E-state index is 12.8. The Balaban J connectivity index is 4.57. The highest BCUT2D eigenvalue weighted by molar-refractivity contribution is 5.71. The lowest BCUT2D eigenvalue weighted by atomic mass is 10.1. The van der Waals surface area contributed by atoms with Crippen LogP contribution in [-0.4, -0.2) is 37.2 Å². The summed E-state index contributed by atoms with van der Waals surface area (Å²) in [5, 5.41) is 0. The van der Waals surface area contributed by atoms with Crippen molar-refractivity contribution in [3.63, 3.8) is 0 Å². The first kappa shape index (κ1) is 61.3. The summed E-state index contributed by atoms with van der Waals surface area (Å²) in [7, 11) is 0. The first-order chi connectivity index (χ1) is 32.5. The van der Waals surface area contributed by atoms with Crippen LogP contribution in [-0.2, 0) is 28.6 Å². The van der Waals surface area contributed by atoms with Gasteiger partial charge in [-0.25, -0.2) is 0 Å². The number of rotatable bonds is 44.